The van der Waals surface area contributed by atoms with Crippen LogP contribution in [0.3, 0.4) is 0 Å². The molecular formula is C15H24N4O3. The second-order valence-corrected chi connectivity index (χ2v) is 5.87. The van der Waals surface area contributed by atoms with Gasteiger partial charge in [-0.2, -0.15) is 0 Å². The van der Waals surface area contributed by atoms with Crippen molar-refractivity contribution < 1.29 is 5.11 Å². The zero-order chi connectivity index (χ0) is 16.3. The first kappa shape index (κ1) is 16.3. The normalized spacial score (nSPS) is 15.9. The predicted octanol–water partition coefficient (Wildman–Crippen LogP) is 1.30. The van der Waals surface area contributed by atoms with Gasteiger partial charge in [-0.05, 0) is 19.3 Å². The van der Waals surface area contributed by atoms with E-state index in [0.717, 1.165) is 38.5 Å². The second kappa shape index (κ2) is 6.81. The summed E-state index contributed by atoms with van der Waals surface area (Å²) in [5.41, 5.74) is 4.06. The number of nitrogens with one attached hydrogen (secondary N) is 1. The monoisotopic (exact) mass is 308 g/mol. The predicted molar refractivity (Wildman–Crippen MR) is 84.7 cm³/mol. The summed E-state index contributed by atoms with van der Waals surface area (Å²) in [6.45, 7) is 2.29. The third-order valence-electron chi connectivity index (χ3n) is 4.29. The minimum absolute atomic E-state index is 0.166. The van der Waals surface area contributed by atoms with E-state index in [1.165, 1.54) is 9.13 Å². The zero-order valence-electron chi connectivity index (χ0n) is 13.0. The number of rotatable bonds is 5. The highest BCUT2D eigenvalue weighted by Gasteiger charge is 2.25. The van der Waals surface area contributed by atoms with Crippen LogP contribution in [0.25, 0.3) is 0 Å². The summed E-state index contributed by atoms with van der Waals surface area (Å²) < 4.78 is 2.38. The molecule has 0 spiro atoms. The van der Waals surface area contributed by atoms with Crippen molar-refractivity contribution in [2.24, 2.45) is 5.73 Å². The molecule has 2 rings (SSSR count). The van der Waals surface area contributed by atoms with E-state index in [2.05, 4.69) is 0 Å². The molecule has 0 amide bonds. The van der Waals surface area contributed by atoms with Crippen molar-refractivity contribution in [3.05, 3.63) is 26.4 Å². The van der Waals surface area contributed by atoms with Gasteiger partial charge in [-0.3, -0.25) is 19.3 Å². The summed E-state index contributed by atoms with van der Waals surface area (Å²) >= 11 is 0. The molecular weight excluding hydrogens is 284 g/mol. The maximum atomic E-state index is 12.6. The van der Waals surface area contributed by atoms with Gasteiger partial charge in [0.25, 0.3) is 5.56 Å². The third-order valence-corrected chi connectivity index (χ3v) is 4.29. The highest BCUT2D eigenvalue weighted by molar-refractivity contribution is 5.96. The van der Waals surface area contributed by atoms with Gasteiger partial charge in [-0.15, -0.1) is 0 Å². The molecule has 0 aliphatic heterocycles. The molecule has 0 saturated heterocycles. The van der Waals surface area contributed by atoms with Gasteiger partial charge in [-0.1, -0.05) is 32.6 Å². The van der Waals surface area contributed by atoms with Crippen molar-refractivity contribution in [3.63, 3.8) is 0 Å². The summed E-state index contributed by atoms with van der Waals surface area (Å²) in [6, 6.07) is -0.166. The number of nitrogens with zero attached hydrogens (tertiary/aromatic N) is 2. The topological polar surface area (TPSA) is 114 Å². The molecule has 1 aliphatic rings. The molecule has 1 fully saturated rings. The fourth-order valence-corrected chi connectivity index (χ4v) is 3.07. The lowest BCUT2D eigenvalue weighted by Gasteiger charge is -2.25. The summed E-state index contributed by atoms with van der Waals surface area (Å²) in [5.74, 6) is -0.986. The molecule has 122 valence electrons. The average molecular weight is 308 g/mol. The van der Waals surface area contributed by atoms with Crippen molar-refractivity contribution in [3.8, 4) is 5.88 Å². The minimum atomic E-state index is -0.644. The number of unbranched alkanes of at least 4 members (excludes halogenated alkanes) is 1. The van der Waals surface area contributed by atoms with Crippen molar-refractivity contribution in [2.75, 3.05) is 0 Å². The van der Waals surface area contributed by atoms with Crippen LogP contribution in [0.2, 0.25) is 0 Å². The van der Waals surface area contributed by atoms with E-state index in [1.807, 2.05) is 6.92 Å². The van der Waals surface area contributed by atoms with Crippen molar-refractivity contribution in [1.82, 2.24) is 9.13 Å². The molecule has 7 heteroatoms. The van der Waals surface area contributed by atoms with Crippen LogP contribution in [-0.4, -0.2) is 20.1 Å². The Balaban J connectivity index is 2.65. The highest BCUT2D eigenvalue weighted by Crippen LogP contribution is 2.26. The molecule has 1 aliphatic carbocycles. The number of hydrogen-bond acceptors (Lipinski definition) is 4. The zero-order valence-corrected chi connectivity index (χ0v) is 13.0. The molecule has 1 aromatic heterocycles. The van der Waals surface area contributed by atoms with Gasteiger partial charge < -0.3 is 10.8 Å². The largest absolute Gasteiger partial charge is 0.494 e. The van der Waals surface area contributed by atoms with Crippen LogP contribution in [-0.2, 0) is 6.54 Å². The minimum Gasteiger partial charge on any atom is -0.494 e. The number of aromatic hydroxyl groups is 1. The van der Waals surface area contributed by atoms with E-state index in [4.69, 9.17) is 11.1 Å². The molecule has 1 heterocycles. The van der Waals surface area contributed by atoms with Crippen LogP contribution < -0.4 is 17.0 Å². The Kier molecular flexibility index (Phi) is 5.05. The van der Waals surface area contributed by atoms with E-state index >= 15 is 0 Å². The highest BCUT2D eigenvalue weighted by atomic mass is 16.3. The van der Waals surface area contributed by atoms with Gasteiger partial charge >= 0.3 is 5.69 Å². The van der Waals surface area contributed by atoms with Crippen molar-refractivity contribution >= 4 is 5.84 Å². The summed E-state index contributed by atoms with van der Waals surface area (Å²) in [6.07, 6.45) is 6.14. The van der Waals surface area contributed by atoms with Crippen LogP contribution in [0, 0.1) is 5.41 Å². The number of hydrogen-bond donors (Lipinski definition) is 3. The number of amidine groups is 1. The smallest absolute Gasteiger partial charge is 0.334 e. The summed E-state index contributed by atoms with van der Waals surface area (Å²) in [5, 5.41) is 17.8. The molecule has 4 N–H and O–H groups in total. The standard InChI is InChI=1S/C15H24N4O3/c1-2-3-9-18-13(20)11(12(16)17)14(21)19(15(18)22)10-7-5-4-6-8-10/h10,20H,2-9H2,1H3,(H3,16,17). The van der Waals surface area contributed by atoms with Crippen molar-refractivity contribution in [2.45, 2.75) is 64.5 Å². The Morgan fingerprint density at radius 2 is 1.95 bits per heavy atom. The molecule has 7 nitrogen and oxygen atoms in total. The lowest BCUT2D eigenvalue weighted by molar-refractivity contribution is 0.314. The van der Waals surface area contributed by atoms with E-state index in [9.17, 15) is 14.7 Å². The van der Waals surface area contributed by atoms with E-state index in [-0.39, 0.29) is 11.6 Å². The van der Waals surface area contributed by atoms with E-state index < -0.39 is 23.0 Å². The Morgan fingerprint density at radius 1 is 1.32 bits per heavy atom. The lowest BCUT2D eigenvalue weighted by atomic mass is 9.95. The van der Waals surface area contributed by atoms with Crippen LogP contribution in [0.15, 0.2) is 9.59 Å². The summed E-state index contributed by atoms with van der Waals surface area (Å²) in [4.78, 5) is 25.2. The van der Waals surface area contributed by atoms with Gasteiger partial charge in [-0.25, -0.2) is 4.79 Å². The Bertz CT molecular complexity index is 669. The molecule has 0 aromatic carbocycles. The number of nitrogen functional groups attached to an aromatic ring is 1. The Labute approximate surface area is 128 Å². The quantitative estimate of drug-likeness (QED) is 0.562. The third kappa shape index (κ3) is 2.93. The molecule has 0 radical (unpaired) electrons. The molecule has 0 atom stereocenters. The Hall–Kier alpha value is -2.05. The van der Waals surface area contributed by atoms with Gasteiger partial charge in [0.05, 0.1) is 0 Å². The first-order valence-corrected chi connectivity index (χ1v) is 7.91. The second-order valence-electron chi connectivity index (χ2n) is 5.87. The van der Waals surface area contributed by atoms with Crippen LogP contribution >= 0.6 is 0 Å². The fraction of sp³-hybridized carbons (Fsp3) is 0.667. The van der Waals surface area contributed by atoms with Crippen LogP contribution in [0.1, 0.15) is 63.5 Å². The molecule has 1 aromatic rings. The summed E-state index contributed by atoms with van der Waals surface area (Å²) in [7, 11) is 0. The molecule has 1 saturated carbocycles. The van der Waals surface area contributed by atoms with Gasteiger partial charge in [0.15, 0.2) is 0 Å². The first-order chi connectivity index (χ1) is 10.5. The van der Waals surface area contributed by atoms with E-state index in [0.29, 0.717) is 13.0 Å². The average Bonchev–Trinajstić information content (AvgIpc) is 2.48. The molecule has 22 heavy (non-hydrogen) atoms. The lowest BCUT2D eigenvalue weighted by Crippen LogP contribution is -2.45. The number of aromatic nitrogens is 2. The first-order valence-electron chi connectivity index (χ1n) is 7.91. The molecule has 0 unspecified atom stereocenters. The Morgan fingerprint density at radius 3 is 2.50 bits per heavy atom. The maximum absolute atomic E-state index is 12.6. The van der Waals surface area contributed by atoms with Crippen molar-refractivity contribution in [1.29, 1.82) is 5.41 Å². The van der Waals surface area contributed by atoms with E-state index in [1.54, 1.807) is 0 Å². The maximum Gasteiger partial charge on any atom is 0.334 e. The molecule has 0 bridgehead atoms. The SMILES string of the molecule is CCCCn1c(O)c(C(=N)N)c(=O)n(C2CCCCC2)c1=O. The van der Waals surface area contributed by atoms with Gasteiger partial charge in [0.2, 0.25) is 5.88 Å². The van der Waals surface area contributed by atoms with Crippen LogP contribution in [0.4, 0.5) is 0 Å². The van der Waals surface area contributed by atoms with Gasteiger partial charge in [0.1, 0.15) is 11.4 Å². The fourth-order valence-electron chi connectivity index (χ4n) is 3.07. The number of nitrogens with two attached hydrogens (primary N) is 1. The van der Waals surface area contributed by atoms with Gasteiger partial charge in [0, 0.05) is 12.6 Å². The van der Waals surface area contributed by atoms with Crippen LogP contribution in [0.5, 0.6) is 5.88 Å².